The van der Waals surface area contributed by atoms with E-state index >= 15 is 0 Å². The lowest BCUT2D eigenvalue weighted by atomic mass is 10.1. The van der Waals surface area contributed by atoms with E-state index < -0.39 is 11.7 Å². The molecule has 8 heteroatoms. The Labute approximate surface area is 162 Å². The maximum absolute atomic E-state index is 13.6. The van der Waals surface area contributed by atoms with Gasteiger partial charge in [0.2, 0.25) is 0 Å². The number of halogens is 4. The number of para-hydroxylation sites is 1. The van der Waals surface area contributed by atoms with Crippen LogP contribution >= 0.6 is 11.6 Å². The van der Waals surface area contributed by atoms with E-state index in [0.29, 0.717) is 35.8 Å². The number of rotatable bonds is 2. The summed E-state index contributed by atoms with van der Waals surface area (Å²) in [6, 6.07) is 13.1. The van der Waals surface area contributed by atoms with Crippen LogP contribution in [0.15, 0.2) is 52.9 Å². The summed E-state index contributed by atoms with van der Waals surface area (Å²) in [5.41, 5.74) is 1.16. The fourth-order valence-corrected chi connectivity index (χ4v) is 3.74. The smallest absolute Gasteiger partial charge is 0.418 e. The van der Waals surface area contributed by atoms with Gasteiger partial charge in [-0.25, -0.2) is 4.68 Å². The molecule has 0 atom stereocenters. The van der Waals surface area contributed by atoms with E-state index in [9.17, 15) is 13.2 Å². The largest absolute Gasteiger partial charge is 0.454 e. The molecule has 5 rings (SSSR count). The van der Waals surface area contributed by atoms with Gasteiger partial charge < -0.3 is 9.73 Å². The van der Waals surface area contributed by atoms with Crippen LogP contribution in [0.3, 0.4) is 0 Å². The van der Waals surface area contributed by atoms with Crippen LogP contribution in [-0.2, 0) is 12.6 Å². The van der Waals surface area contributed by atoms with E-state index in [2.05, 4.69) is 10.4 Å². The Kier molecular flexibility index (Phi) is 3.71. The van der Waals surface area contributed by atoms with Gasteiger partial charge in [-0.15, -0.1) is 0 Å². The molecule has 28 heavy (non-hydrogen) atoms. The minimum absolute atomic E-state index is 0.0188. The normalized spacial score (nSPS) is 13.7. The highest BCUT2D eigenvalue weighted by atomic mass is 35.5. The highest BCUT2D eigenvalue weighted by molar-refractivity contribution is 6.30. The summed E-state index contributed by atoms with van der Waals surface area (Å²) in [5.74, 6) is 1.07. The molecule has 4 aromatic rings. The van der Waals surface area contributed by atoms with Crippen molar-refractivity contribution in [2.45, 2.75) is 12.6 Å². The topological polar surface area (TPSA) is 43.0 Å². The third-order valence-electron chi connectivity index (χ3n) is 4.80. The second-order valence-corrected chi connectivity index (χ2v) is 7.01. The van der Waals surface area contributed by atoms with Crippen LogP contribution in [0.2, 0.25) is 5.02 Å². The van der Waals surface area contributed by atoms with Crippen LogP contribution in [0, 0.1) is 0 Å². The van der Waals surface area contributed by atoms with Gasteiger partial charge >= 0.3 is 6.18 Å². The molecule has 2 aromatic carbocycles. The standard InChI is InChI=1S/C20H13ClF3N3O/c21-12-5-6-15(14(10-12)20(22,23)24)27-19-13(7-8-25-19)18(26-27)17-9-11-3-1-2-4-16(11)28-17/h1-6,9-10,25H,7-8H2. The fraction of sp³-hybridized carbons (Fsp3) is 0.150. The minimum Gasteiger partial charge on any atom is -0.454 e. The second kappa shape index (κ2) is 6.04. The van der Waals surface area contributed by atoms with Crippen LogP contribution in [0.4, 0.5) is 19.0 Å². The summed E-state index contributed by atoms with van der Waals surface area (Å²) >= 11 is 5.81. The quantitative estimate of drug-likeness (QED) is 0.451. The summed E-state index contributed by atoms with van der Waals surface area (Å²) in [6.07, 6.45) is -3.91. The van der Waals surface area contributed by atoms with Gasteiger partial charge in [0.1, 0.15) is 17.1 Å². The number of hydrogen-bond acceptors (Lipinski definition) is 3. The fourth-order valence-electron chi connectivity index (χ4n) is 3.57. The van der Waals surface area contributed by atoms with Gasteiger partial charge in [0, 0.05) is 22.5 Å². The molecule has 0 aliphatic carbocycles. The Hall–Kier alpha value is -2.93. The molecule has 0 saturated heterocycles. The van der Waals surface area contributed by atoms with Gasteiger partial charge in [-0.1, -0.05) is 29.8 Å². The van der Waals surface area contributed by atoms with Crippen molar-refractivity contribution in [2.24, 2.45) is 0 Å². The maximum Gasteiger partial charge on any atom is 0.418 e. The highest BCUT2D eigenvalue weighted by Gasteiger charge is 2.36. The number of hydrogen-bond donors (Lipinski definition) is 1. The van der Waals surface area contributed by atoms with Crippen molar-refractivity contribution in [3.63, 3.8) is 0 Å². The van der Waals surface area contributed by atoms with Crippen molar-refractivity contribution in [3.05, 3.63) is 64.7 Å². The van der Waals surface area contributed by atoms with E-state index in [1.165, 1.54) is 16.8 Å². The summed E-state index contributed by atoms with van der Waals surface area (Å²) in [5, 5.41) is 8.56. The van der Waals surface area contributed by atoms with Crippen LogP contribution < -0.4 is 5.32 Å². The first-order valence-corrected chi connectivity index (χ1v) is 9.01. The monoisotopic (exact) mass is 403 g/mol. The first kappa shape index (κ1) is 17.2. The predicted molar refractivity (Wildman–Crippen MR) is 101 cm³/mol. The molecule has 1 aliphatic rings. The molecule has 0 saturated carbocycles. The van der Waals surface area contributed by atoms with E-state index in [0.717, 1.165) is 17.0 Å². The number of fused-ring (bicyclic) bond motifs is 2. The number of alkyl halides is 3. The number of aromatic nitrogens is 2. The zero-order chi connectivity index (χ0) is 19.5. The number of benzene rings is 2. The molecule has 1 N–H and O–H groups in total. The molecule has 3 heterocycles. The summed E-state index contributed by atoms with van der Waals surface area (Å²) < 4.78 is 48.0. The van der Waals surface area contributed by atoms with Crippen molar-refractivity contribution in [1.82, 2.24) is 9.78 Å². The SMILES string of the molecule is FC(F)(F)c1cc(Cl)ccc1-n1nc(-c2cc3ccccc3o2)c2c1NCC2. The van der Waals surface area contributed by atoms with Gasteiger partial charge in [0.15, 0.2) is 5.76 Å². The Bertz CT molecular complexity index is 1180. The maximum atomic E-state index is 13.6. The Balaban J connectivity index is 1.73. The highest BCUT2D eigenvalue weighted by Crippen LogP contribution is 2.41. The van der Waals surface area contributed by atoms with E-state index in [4.69, 9.17) is 16.0 Å². The molecule has 0 unspecified atom stereocenters. The zero-order valence-electron chi connectivity index (χ0n) is 14.3. The summed E-state index contributed by atoms with van der Waals surface area (Å²) in [7, 11) is 0. The Morgan fingerprint density at radius 3 is 2.71 bits per heavy atom. The van der Waals surface area contributed by atoms with Crippen molar-refractivity contribution in [3.8, 4) is 17.1 Å². The van der Waals surface area contributed by atoms with Crippen molar-refractivity contribution >= 4 is 28.4 Å². The summed E-state index contributed by atoms with van der Waals surface area (Å²) in [6.45, 7) is 0.620. The number of furan rings is 1. The van der Waals surface area contributed by atoms with Crippen LogP contribution in [0.1, 0.15) is 11.1 Å². The number of nitrogens with one attached hydrogen (secondary N) is 1. The minimum atomic E-state index is -4.56. The van der Waals surface area contributed by atoms with Gasteiger partial charge in [-0.3, -0.25) is 0 Å². The van der Waals surface area contributed by atoms with E-state index in [1.54, 1.807) is 0 Å². The second-order valence-electron chi connectivity index (χ2n) is 6.57. The number of nitrogens with zero attached hydrogens (tertiary/aromatic N) is 2. The predicted octanol–water partition coefficient (Wildman–Crippen LogP) is 5.93. The lowest BCUT2D eigenvalue weighted by molar-refractivity contribution is -0.137. The van der Waals surface area contributed by atoms with E-state index in [1.807, 2.05) is 30.3 Å². The van der Waals surface area contributed by atoms with Crippen LogP contribution in [0.25, 0.3) is 28.1 Å². The average Bonchev–Trinajstić information content (AvgIpc) is 3.35. The molecule has 0 fully saturated rings. The molecule has 0 spiro atoms. The van der Waals surface area contributed by atoms with Gasteiger partial charge in [0.25, 0.3) is 0 Å². The van der Waals surface area contributed by atoms with Crippen LogP contribution in [0.5, 0.6) is 0 Å². The molecular weight excluding hydrogens is 391 g/mol. The first-order chi connectivity index (χ1) is 13.4. The molecule has 4 nitrogen and oxygen atoms in total. The molecule has 0 amide bonds. The molecular formula is C20H13ClF3N3O. The average molecular weight is 404 g/mol. The zero-order valence-corrected chi connectivity index (χ0v) is 15.1. The molecule has 0 radical (unpaired) electrons. The van der Waals surface area contributed by atoms with Crippen molar-refractivity contribution < 1.29 is 17.6 Å². The summed E-state index contributed by atoms with van der Waals surface area (Å²) in [4.78, 5) is 0. The lowest BCUT2D eigenvalue weighted by Crippen LogP contribution is -2.13. The van der Waals surface area contributed by atoms with Crippen molar-refractivity contribution in [2.75, 3.05) is 11.9 Å². The van der Waals surface area contributed by atoms with E-state index in [-0.39, 0.29) is 10.7 Å². The first-order valence-electron chi connectivity index (χ1n) is 8.63. The van der Waals surface area contributed by atoms with Crippen molar-refractivity contribution in [1.29, 1.82) is 0 Å². The van der Waals surface area contributed by atoms with Gasteiger partial charge in [-0.2, -0.15) is 18.3 Å². The Morgan fingerprint density at radius 1 is 1.11 bits per heavy atom. The Morgan fingerprint density at radius 2 is 1.93 bits per heavy atom. The third kappa shape index (κ3) is 2.65. The molecule has 1 aliphatic heterocycles. The molecule has 0 bridgehead atoms. The third-order valence-corrected chi connectivity index (χ3v) is 5.04. The molecule has 142 valence electrons. The van der Waals surface area contributed by atoms with Gasteiger partial charge in [0.05, 0.1) is 11.3 Å². The lowest BCUT2D eigenvalue weighted by Gasteiger charge is -2.15. The number of anilines is 1. The van der Waals surface area contributed by atoms with Crippen LogP contribution in [-0.4, -0.2) is 16.3 Å². The molecule has 2 aromatic heterocycles. The van der Waals surface area contributed by atoms with Gasteiger partial charge in [-0.05, 0) is 36.8 Å².